The van der Waals surface area contributed by atoms with Gasteiger partial charge in [-0.3, -0.25) is 9.59 Å². The third kappa shape index (κ3) is 4.25. The summed E-state index contributed by atoms with van der Waals surface area (Å²) in [4.78, 5) is 23.8. The van der Waals surface area contributed by atoms with Crippen LogP contribution in [0.25, 0.3) is 0 Å². The van der Waals surface area contributed by atoms with Gasteiger partial charge in [-0.25, -0.2) is 13.1 Å². The lowest BCUT2D eigenvalue weighted by molar-refractivity contribution is 0.102. The first-order valence-corrected chi connectivity index (χ1v) is 10.2. The Morgan fingerprint density at radius 3 is 2.52 bits per heavy atom. The lowest BCUT2D eigenvalue weighted by Crippen LogP contribution is -2.39. The number of carbonyl (C=O) groups excluding carboxylic acids is 1. The van der Waals surface area contributed by atoms with E-state index in [9.17, 15) is 18.0 Å². The van der Waals surface area contributed by atoms with Crippen molar-refractivity contribution >= 4 is 21.6 Å². The van der Waals surface area contributed by atoms with Gasteiger partial charge in [0.25, 0.3) is 11.5 Å². The third-order valence-corrected chi connectivity index (χ3v) is 6.44. The largest absolute Gasteiger partial charge is 0.321 e. The Kier molecular flexibility index (Phi) is 5.43. The molecule has 1 N–H and O–H groups in total. The molecule has 0 spiro atoms. The zero-order valence-corrected chi connectivity index (χ0v) is 16.1. The number of nitrogens with one attached hydrogen (secondary N) is 1. The molecule has 1 amide bonds. The van der Waals surface area contributed by atoms with E-state index in [0.29, 0.717) is 24.7 Å². The first kappa shape index (κ1) is 19.2. The van der Waals surface area contributed by atoms with Gasteiger partial charge in [0, 0.05) is 31.9 Å². The summed E-state index contributed by atoms with van der Waals surface area (Å²) >= 11 is 0. The highest BCUT2D eigenvalue weighted by Crippen LogP contribution is 2.24. The molecule has 27 heavy (non-hydrogen) atoms. The molecule has 1 atom stereocenters. The minimum absolute atomic E-state index is 0.0936. The number of hydrogen-bond acceptors (Lipinski definition) is 5. The molecule has 1 saturated heterocycles. The molecule has 1 fully saturated rings. The standard InChI is InChI=1S/C18H22N4O4S/c1-13-4-3-11-22(12-13)27(25,26)15-7-5-14(6-8-15)19-18(24)16-9-10-17(23)21(2)20-16/h5-10,13H,3-4,11-12H2,1-2H3,(H,19,24)/t13-/m1/s1. The normalized spacial score (nSPS) is 18.2. The number of sulfonamides is 1. The third-order valence-electron chi connectivity index (χ3n) is 4.56. The summed E-state index contributed by atoms with van der Waals surface area (Å²) in [6.07, 6.45) is 1.90. The van der Waals surface area contributed by atoms with Gasteiger partial charge in [0.05, 0.1) is 4.90 Å². The molecule has 1 aliphatic rings. The van der Waals surface area contributed by atoms with E-state index < -0.39 is 15.9 Å². The van der Waals surface area contributed by atoms with Gasteiger partial charge < -0.3 is 5.32 Å². The van der Waals surface area contributed by atoms with Gasteiger partial charge in [-0.15, -0.1) is 0 Å². The number of benzene rings is 1. The van der Waals surface area contributed by atoms with Crippen molar-refractivity contribution in [1.82, 2.24) is 14.1 Å². The Morgan fingerprint density at radius 1 is 1.19 bits per heavy atom. The highest BCUT2D eigenvalue weighted by atomic mass is 32.2. The summed E-state index contributed by atoms with van der Waals surface area (Å²) in [7, 11) is -2.07. The molecule has 3 rings (SSSR count). The van der Waals surface area contributed by atoms with Gasteiger partial charge >= 0.3 is 0 Å². The zero-order chi connectivity index (χ0) is 19.6. The molecule has 0 aliphatic carbocycles. The van der Waals surface area contributed by atoms with Crippen LogP contribution in [0.5, 0.6) is 0 Å². The van der Waals surface area contributed by atoms with Gasteiger partial charge in [0.15, 0.2) is 0 Å². The van der Waals surface area contributed by atoms with E-state index in [1.54, 1.807) is 12.1 Å². The molecule has 2 heterocycles. The summed E-state index contributed by atoms with van der Waals surface area (Å²) in [5, 5.41) is 6.53. The second-order valence-corrected chi connectivity index (χ2v) is 8.71. The average Bonchev–Trinajstić information content (AvgIpc) is 2.64. The fourth-order valence-corrected chi connectivity index (χ4v) is 4.64. The van der Waals surface area contributed by atoms with E-state index in [2.05, 4.69) is 10.4 Å². The SMILES string of the molecule is C[C@@H]1CCCN(S(=O)(=O)c2ccc(NC(=O)c3ccc(=O)n(C)n3)cc2)C1. The summed E-state index contributed by atoms with van der Waals surface area (Å²) in [5.74, 6) is -0.132. The first-order valence-electron chi connectivity index (χ1n) is 8.73. The van der Waals surface area contributed by atoms with Gasteiger partial charge in [-0.1, -0.05) is 6.92 Å². The van der Waals surface area contributed by atoms with Crippen LogP contribution in [0.3, 0.4) is 0 Å². The van der Waals surface area contributed by atoms with E-state index in [0.717, 1.165) is 17.5 Å². The predicted molar refractivity (Wildman–Crippen MR) is 101 cm³/mol. The Hall–Kier alpha value is -2.52. The van der Waals surface area contributed by atoms with Crippen LogP contribution in [0, 0.1) is 5.92 Å². The molecule has 0 radical (unpaired) electrons. The van der Waals surface area contributed by atoms with Gasteiger partial charge in [0.1, 0.15) is 5.69 Å². The van der Waals surface area contributed by atoms with Crippen LogP contribution in [-0.2, 0) is 17.1 Å². The summed E-state index contributed by atoms with van der Waals surface area (Å²) < 4.78 is 28.1. The Morgan fingerprint density at radius 2 is 1.89 bits per heavy atom. The molecule has 1 aromatic heterocycles. The minimum atomic E-state index is -3.53. The number of rotatable bonds is 4. The van der Waals surface area contributed by atoms with Crippen molar-refractivity contribution in [2.75, 3.05) is 18.4 Å². The Bertz CT molecular complexity index is 999. The predicted octanol–water partition coefficient (Wildman–Crippen LogP) is 1.45. The fourth-order valence-electron chi connectivity index (χ4n) is 3.04. The average molecular weight is 390 g/mol. The topological polar surface area (TPSA) is 101 Å². The molecule has 0 unspecified atom stereocenters. The van der Waals surface area contributed by atoms with Crippen LogP contribution in [0.2, 0.25) is 0 Å². The van der Waals surface area contributed by atoms with Gasteiger partial charge in [-0.05, 0) is 49.1 Å². The van der Waals surface area contributed by atoms with Crippen LogP contribution < -0.4 is 10.9 Å². The monoisotopic (exact) mass is 390 g/mol. The number of nitrogens with zero attached hydrogens (tertiary/aromatic N) is 3. The Labute approximate surface area is 157 Å². The van der Waals surface area contributed by atoms with E-state index in [-0.39, 0.29) is 16.1 Å². The highest BCUT2D eigenvalue weighted by molar-refractivity contribution is 7.89. The maximum Gasteiger partial charge on any atom is 0.276 e. The molecular weight excluding hydrogens is 368 g/mol. The molecular formula is C18H22N4O4S. The molecule has 0 bridgehead atoms. The van der Waals surface area contributed by atoms with Crippen molar-refractivity contribution in [3.05, 3.63) is 52.4 Å². The Balaban J connectivity index is 1.74. The van der Waals surface area contributed by atoms with Crippen molar-refractivity contribution in [2.45, 2.75) is 24.7 Å². The molecule has 1 aliphatic heterocycles. The van der Waals surface area contributed by atoms with Crippen LogP contribution in [0.4, 0.5) is 5.69 Å². The molecule has 9 heteroatoms. The van der Waals surface area contributed by atoms with Crippen molar-refractivity contribution in [2.24, 2.45) is 13.0 Å². The van der Waals surface area contributed by atoms with E-state index in [1.807, 2.05) is 6.92 Å². The van der Waals surface area contributed by atoms with Crippen LogP contribution >= 0.6 is 0 Å². The van der Waals surface area contributed by atoms with Crippen molar-refractivity contribution in [3.63, 3.8) is 0 Å². The maximum atomic E-state index is 12.8. The minimum Gasteiger partial charge on any atom is -0.321 e. The molecule has 0 saturated carbocycles. The second kappa shape index (κ2) is 7.61. The quantitative estimate of drug-likeness (QED) is 0.851. The summed E-state index contributed by atoms with van der Waals surface area (Å²) in [5.41, 5.74) is 0.228. The number of hydrogen-bond donors (Lipinski definition) is 1. The molecule has 144 valence electrons. The van der Waals surface area contributed by atoms with Crippen LogP contribution in [0.15, 0.2) is 46.1 Å². The molecule has 8 nitrogen and oxygen atoms in total. The number of anilines is 1. The lowest BCUT2D eigenvalue weighted by Gasteiger charge is -2.30. The summed E-state index contributed by atoms with van der Waals surface area (Å²) in [6.45, 7) is 3.11. The number of aromatic nitrogens is 2. The fraction of sp³-hybridized carbons (Fsp3) is 0.389. The number of amides is 1. The van der Waals surface area contributed by atoms with Crippen molar-refractivity contribution in [1.29, 1.82) is 0 Å². The number of aryl methyl sites for hydroxylation is 1. The van der Waals surface area contributed by atoms with Gasteiger partial charge in [-0.2, -0.15) is 9.40 Å². The van der Waals surface area contributed by atoms with Crippen LogP contribution in [0.1, 0.15) is 30.3 Å². The second-order valence-electron chi connectivity index (χ2n) is 6.77. The lowest BCUT2D eigenvalue weighted by atomic mass is 10.0. The smallest absolute Gasteiger partial charge is 0.276 e. The summed E-state index contributed by atoms with van der Waals surface area (Å²) in [6, 6.07) is 8.66. The number of carbonyl (C=O) groups is 1. The van der Waals surface area contributed by atoms with E-state index in [1.165, 1.54) is 35.6 Å². The van der Waals surface area contributed by atoms with Crippen molar-refractivity contribution in [3.8, 4) is 0 Å². The first-order chi connectivity index (χ1) is 12.8. The molecule has 1 aromatic carbocycles. The van der Waals surface area contributed by atoms with Crippen molar-refractivity contribution < 1.29 is 13.2 Å². The van der Waals surface area contributed by atoms with Crippen LogP contribution in [-0.4, -0.2) is 41.5 Å². The van der Waals surface area contributed by atoms with E-state index >= 15 is 0 Å². The maximum absolute atomic E-state index is 12.8. The molecule has 2 aromatic rings. The van der Waals surface area contributed by atoms with E-state index in [4.69, 9.17) is 0 Å². The van der Waals surface area contributed by atoms with Gasteiger partial charge in [0.2, 0.25) is 10.0 Å². The number of piperidine rings is 1. The zero-order valence-electron chi connectivity index (χ0n) is 15.3. The highest BCUT2D eigenvalue weighted by Gasteiger charge is 2.28.